The lowest BCUT2D eigenvalue weighted by Gasteiger charge is -2.12. The van der Waals surface area contributed by atoms with Crippen molar-refractivity contribution in [2.75, 3.05) is 11.9 Å². The van der Waals surface area contributed by atoms with E-state index in [2.05, 4.69) is 20.5 Å². The minimum Gasteiger partial charge on any atom is -0.396 e. The zero-order chi connectivity index (χ0) is 11.3. The molecule has 84 valence electrons. The van der Waals surface area contributed by atoms with Crippen LogP contribution in [0, 0.1) is 13.8 Å². The van der Waals surface area contributed by atoms with Crippen LogP contribution in [-0.4, -0.2) is 32.9 Å². The first-order chi connectivity index (χ1) is 7.13. The standard InChI is InChI=1S/C10H18N4O/c1-7(5-4-6-15)11-10-12-8(2)9(3)13-14-10/h7,15H,4-6H2,1-3H3,(H,11,12,14). The molecule has 0 saturated carbocycles. The van der Waals surface area contributed by atoms with Crippen molar-refractivity contribution >= 4 is 5.95 Å². The van der Waals surface area contributed by atoms with Gasteiger partial charge >= 0.3 is 0 Å². The molecule has 0 aliphatic rings. The van der Waals surface area contributed by atoms with Gasteiger partial charge in [0.2, 0.25) is 5.95 Å². The van der Waals surface area contributed by atoms with Crippen molar-refractivity contribution in [1.29, 1.82) is 0 Å². The Hall–Kier alpha value is -1.23. The minimum absolute atomic E-state index is 0.220. The van der Waals surface area contributed by atoms with E-state index in [1.807, 2.05) is 20.8 Å². The van der Waals surface area contributed by atoms with Crippen molar-refractivity contribution in [2.24, 2.45) is 0 Å². The van der Waals surface area contributed by atoms with Gasteiger partial charge in [-0.05, 0) is 33.6 Å². The van der Waals surface area contributed by atoms with E-state index in [9.17, 15) is 0 Å². The Labute approximate surface area is 90.0 Å². The van der Waals surface area contributed by atoms with Crippen LogP contribution in [0.25, 0.3) is 0 Å². The van der Waals surface area contributed by atoms with Crippen LogP contribution in [0.2, 0.25) is 0 Å². The summed E-state index contributed by atoms with van der Waals surface area (Å²) >= 11 is 0. The predicted molar refractivity (Wildman–Crippen MR) is 58.7 cm³/mol. The van der Waals surface area contributed by atoms with Crippen LogP contribution >= 0.6 is 0 Å². The van der Waals surface area contributed by atoms with Gasteiger partial charge in [0.15, 0.2) is 0 Å². The maximum absolute atomic E-state index is 8.69. The van der Waals surface area contributed by atoms with Gasteiger partial charge in [-0.15, -0.1) is 5.10 Å². The lowest BCUT2D eigenvalue weighted by molar-refractivity contribution is 0.282. The van der Waals surface area contributed by atoms with Gasteiger partial charge < -0.3 is 10.4 Å². The molecule has 5 heteroatoms. The quantitative estimate of drug-likeness (QED) is 0.760. The molecule has 5 nitrogen and oxygen atoms in total. The minimum atomic E-state index is 0.220. The highest BCUT2D eigenvalue weighted by atomic mass is 16.2. The maximum Gasteiger partial charge on any atom is 0.243 e. The number of rotatable bonds is 5. The molecular formula is C10H18N4O. The first-order valence-electron chi connectivity index (χ1n) is 5.18. The summed E-state index contributed by atoms with van der Waals surface area (Å²) in [7, 11) is 0. The highest BCUT2D eigenvalue weighted by Crippen LogP contribution is 2.06. The molecule has 0 fully saturated rings. The zero-order valence-electron chi connectivity index (χ0n) is 9.49. The Balaban J connectivity index is 2.53. The monoisotopic (exact) mass is 210 g/mol. The fourth-order valence-corrected chi connectivity index (χ4v) is 1.21. The number of aryl methyl sites for hydroxylation is 2. The number of aliphatic hydroxyl groups excluding tert-OH is 1. The molecule has 0 radical (unpaired) electrons. The highest BCUT2D eigenvalue weighted by molar-refractivity contribution is 5.25. The second-order valence-corrected chi connectivity index (χ2v) is 3.72. The fraction of sp³-hybridized carbons (Fsp3) is 0.700. The Bertz CT molecular complexity index is 316. The van der Waals surface area contributed by atoms with Crippen LogP contribution in [-0.2, 0) is 0 Å². The Morgan fingerprint density at radius 3 is 2.60 bits per heavy atom. The molecule has 2 N–H and O–H groups in total. The number of nitrogens with zero attached hydrogens (tertiary/aromatic N) is 3. The van der Waals surface area contributed by atoms with Gasteiger partial charge in [-0.25, -0.2) is 4.98 Å². The number of nitrogens with one attached hydrogen (secondary N) is 1. The number of anilines is 1. The summed E-state index contributed by atoms with van der Waals surface area (Å²) < 4.78 is 0. The molecule has 0 amide bonds. The third-order valence-corrected chi connectivity index (χ3v) is 2.26. The van der Waals surface area contributed by atoms with E-state index in [1.165, 1.54) is 0 Å². The molecule has 0 aliphatic carbocycles. The van der Waals surface area contributed by atoms with E-state index in [0.717, 1.165) is 24.2 Å². The summed E-state index contributed by atoms with van der Waals surface area (Å²) in [4.78, 5) is 4.27. The van der Waals surface area contributed by atoms with Gasteiger partial charge in [0.05, 0.1) is 11.4 Å². The first-order valence-corrected chi connectivity index (χ1v) is 5.18. The average Bonchev–Trinajstić information content (AvgIpc) is 2.20. The van der Waals surface area contributed by atoms with Crippen LogP contribution in [0.5, 0.6) is 0 Å². The van der Waals surface area contributed by atoms with Crippen molar-refractivity contribution in [1.82, 2.24) is 15.2 Å². The van der Waals surface area contributed by atoms with Crippen LogP contribution < -0.4 is 5.32 Å². The lowest BCUT2D eigenvalue weighted by Crippen LogP contribution is -2.18. The van der Waals surface area contributed by atoms with Gasteiger partial charge in [0.25, 0.3) is 0 Å². The Morgan fingerprint density at radius 2 is 2.00 bits per heavy atom. The smallest absolute Gasteiger partial charge is 0.243 e. The van der Waals surface area contributed by atoms with Crippen molar-refractivity contribution in [3.8, 4) is 0 Å². The Kier molecular flexibility index (Phi) is 4.42. The summed E-state index contributed by atoms with van der Waals surface area (Å²) in [6.07, 6.45) is 1.68. The van der Waals surface area contributed by atoms with Crippen molar-refractivity contribution in [2.45, 2.75) is 39.7 Å². The fourth-order valence-electron chi connectivity index (χ4n) is 1.21. The maximum atomic E-state index is 8.69. The molecule has 0 saturated heterocycles. The van der Waals surface area contributed by atoms with E-state index >= 15 is 0 Å². The van der Waals surface area contributed by atoms with Crippen molar-refractivity contribution in [3.05, 3.63) is 11.4 Å². The molecule has 1 aromatic heterocycles. The molecule has 1 aromatic rings. The van der Waals surface area contributed by atoms with E-state index in [-0.39, 0.29) is 12.6 Å². The van der Waals surface area contributed by atoms with Gasteiger partial charge in [0, 0.05) is 12.6 Å². The highest BCUT2D eigenvalue weighted by Gasteiger charge is 2.05. The summed E-state index contributed by atoms with van der Waals surface area (Å²) in [5.41, 5.74) is 1.74. The molecule has 1 heterocycles. The summed E-state index contributed by atoms with van der Waals surface area (Å²) in [6, 6.07) is 0.251. The molecule has 0 aromatic carbocycles. The molecule has 0 spiro atoms. The Morgan fingerprint density at radius 1 is 1.27 bits per heavy atom. The van der Waals surface area contributed by atoms with Crippen LogP contribution in [0.1, 0.15) is 31.2 Å². The largest absolute Gasteiger partial charge is 0.396 e. The number of hydrogen-bond donors (Lipinski definition) is 2. The summed E-state index contributed by atoms with van der Waals surface area (Å²) in [6.45, 7) is 6.05. The van der Waals surface area contributed by atoms with Crippen molar-refractivity contribution in [3.63, 3.8) is 0 Å². The zero-order valence-corrected chi connectivity index (χ0v) is 9.49. The van der Waals surface area contributed by atoms with Gasteiger partial charge in [-0.2, -0.15) is 5.10 Å². The average molecular weight is 210 g/mol. The molecule has 15 heavy (non-hydrogen) atoms. The second kappa shape index (κ2) is 5.60. The number of aliphatic hydroxyl groups is 1. The van der Waals surface area contributed by atoms with Crippen LogP contribution in [0.4, 0.5) is 5.95 Å². The van der Waals surface area contributed by atoms with E-state index in [0.29, 0.717) is 5.95 Å². The summed E-state index contributed by atoms with van der Waals surface area (Å²) in [5.74, 6) is 0.559. The molecular weight excluding hydrogens is 192 g/mol. The molecule has 1 rings (SSSR count). The number of hydrogen-bond acceptors (Lipinski definition) is 5. The van der Waals surface area contributed by atoms with Crippen LogP contribution in [0.3, 0.4) is 0 Å². The predicted octanol–water partition coefficient (Wildman–Crippen LogP) is 1.06. The van der Waals surface area contributed by atoms with Crippen molar-refractivity contribution < 1.29 is 5.11 Å². The van der Waals surface area contributed by atoms with E-state index < -0.39 is 0 Å². The SMILES string of the molecule is Cc1nnc(NC(C)CCCO)nc1C. The third kappa shape index (κ3) is 3.79. The van der Waals surface area contributed by atoms with Gasteiger partial charge in [0.1, 0.15) is 0 Å². The lowest BCUT2D eigenvalue weighted by atomic mass is 10.2. The second-order valence-electron chi connectivity index (χ2n) is 3.72. The number of aromatic nitrogens is 3. The summed E-state index contributed by atoms with van der Waals surface area (Å²) in [5, 5.41) is 19.8. The first kappa shape index (κ1) is 11.8. The topological polar surface area (TPSA) is 70.9 Å². The molecule has 0 bridgehead atoms. The van der Waals surface area contributed by atoms with Gasteiger partial charge in [-0.3, -0.25) is 0 Å². The molecule has 1 unspecified atom stereocenters. The normalized spacial score (nSPS) is 12.5. The molecule has 0 aliphatic heterocycles. The third-order valence-electron chi connectivity index (χ3n) is 2.26. The van der Waals surface area contributed by atoms with E-state index in [1.54, 1.807) is 0 Å². The van der Waals surface area contributed by atoms with Gasteiger partial charge in [-0.1, -0.05) is 0 Å². The van der Waals surface area contributed by atoms with Crippen LogP contribution in [0.15, 0.2) is 0 Å². The van der Waals surface area contributed by atoms with E-state index in [4.69, 9.17) is 5.11 Å². The molecule has 1 atom stereocenters.